The summed E-state index contributed by atoms with van der Waals surface area (Å²) in [6.07, 6.45) is 0. The third-order valence-electron chi connectivity index (χ3n) is 4.66. The molecule has 0 aromatic heterocycles. The standard InChI is InChI=1S/C24H24IN3O4S/c1-3-32-22-15-13-21(14-16-22)28(33(30,31)23-7-5-4-6-8-23)17-24(29)27-26-18(2)19-9-11-20(25)12-10-19/h4-16H,3,17H2,1-2H3,(H,27,29). The van der Waals surface area contributed by atoms with Crippen LogP contribution in [0.1, 0.15) is 19.4 Å². The van der Waals surface area contributed by atoms with Crippen molar-refractivity contribution in [3.63, 3.8) is 0 Å². The Kier molecular flexibility index (Phi) is 8.45. The summed E-state index contributed by atoms with van der Waals surface area (Å²) in [6, 6.07) is 22.2. The van der Waals surface area contributed by atoms with Crippen molar-refractivity contribution in [2.75, 3.05) is 17.5 Å². The summed E-state index contributed by atoms with van der Waals surface area (Å²) in [5.74, 6) is 0.0498. The Morgan fingerprint density at radius 2 is 1.64 bits per heavy atom. The number of rotatable bonds is 9. The number of hydrogen-bond acceptors (Lipinski definition) is 5. The van der Waals surface area contributed by atoms with E-state index >= 15 is 0 Å². The zero-order valence-corrected chi connectivity index (χ0v) is 21.2. The molecule has 0 aliphatic heterocycles. The Morgan fingerprint density at radius 3 is 2.24 bits per heavy atom. The van der Waals surface area contributed by atoms with Gasteiger partial charge in [-0.25, -0.2) is 13.8 Å². The molecule has 0 saturated heterocycles. The highest BCUT2D eigenvalue weighted by Crippen LogP contribution is 2.25. The number of carbonyl (C=O) groups is 1. The quantitative estimate of drug-likeness (QED) is 0.232. The average molecular weight is 577 g/mol. The molecule has 0 fully saturated rings. The van der Waals surface area contributed by atoms with E-state index in [2.05, 4.69) is 33.1 Å². The normalized spacial score (nSPS) is 11.7. The number of carbonyl (C=O) groups excluding carboxylic acids is 1. The minimum Gasteiger partial charge on any atom is -0.494 e. The summed E-state index contributed by atoms with van der Waals surface area (Å²) < 4.78 is 34.3. The minimum absolute atomic E-state index is 0.0882. The fourth-order valence-corrected chi connectivity index (χ4v) is 4.78. The minimum atomic E-state index is -3.99. The molecule has 3 aromatic carbocycles. The molecule has 1 amide bonds. The van der Waals surface area contributed by atoms with Crippen LogP contribution in [-0.4, -0.2) is 33.2 Å². The second-order valence-electron chi connectivity index (χ2n) is 6.99. The van der Waals surface area contributed by atoms with Crippen LogP contribution in [0.2, 0.25) is 0 Å². The van der Waals surface area contributed by atoms with Crippen molar-refractivity contribution >= 4 is 49.9 Å². The highest BCUT2D eigenvalue weighted by Gasteiger charge is 2.27. The van der Waals surface area contributed by atoms with Crippen LogP contribution in [-0.2, 0) is 14.8 Å². The molecule has 0 unspecified atom stereocenters. The SMILES string of the molecule is CCOc1ccc(N(CC(=O)NN=C(C)c2ccc(I)cc2)S(=O)(=O)c2ccccc2)cc1. The van der Waals surface area contributed by atoms with Gasteiger partial charge in [-0.2, -0.15) is 5.10 Å². The maximum atomic E-state index is 13.3. The fourth-order valence-electron chi connectivity index (χ4n) is 2.98. The molecule has 0 spiro atoms. The molecule has 0 aliphatic rings. The lowest BCUT2D eigenvalue weighted by Crippen LogP contribution is -2.39. The average Bonchev–Trinajstić information content (AvgIpc) is 2.83. The predicted molar refractivity (Wildman–Crippen MR) is 138 cm³/mol. The van der Waals surface area contributed by atoms with Gasteiger partial charge < -0.3 is 4.74 Å². The zero-order chi connectivity index (χ0) is 23.8. The molecule has 0 aliphatic carbocycles. The molecule has 3 rings (SSSR count). The summed E-state index contributed by atoms with van der Waals surface area (Å²) in [4.78, 5) is 12.8. The molecule has 0 radical (unpaired) electrons. The summed E-state index contributed by atoms with van der Waals surface area (Å²) >= 11 is 2.21. The molecule has 9 heteroatoms. The lowest BCUT2D eigenvalue weighted by atomic mass is 10.1. The first-order valence-corrected chi connectivity index (χ1v) is 12.7. The van der Waals surface area contributed by atoms with Gasteiger partial charge in [-0.3, -0.25) is 9.10 Å². The van der Waals surface area contributed by atoms with Crippen molar-refractivity contribution in [3.8, 4) is 5.75 Å². The van der Waals surface area contributed by atoms with Crippen LogP contribution >= 0.6 is 22.6 Å². The highest BCUT2D eigenvalue weighted by molar-refractivity contribution is 14.1. The van der Waals surface area contributed by atoms with E-state index < -0.39 is 22.5 Å². The number of anilines is 1. The molecule has 0 atom stereocenters. The molecule has 0 bridgehead atoms. The molecular weight excluding hydrogens is 553 g/mol. The van der Waals surface area contributed by atoms with Gasteiger partial charge in [-0.1, -0.05) is 30.3 Å². The second-order valence-corrected chi connectivity index (χ2v) is 10.1. The maximum absolute atomic E-state index is 13.3. The summed E-state index contributed by atoms with van der Waals surface area (Å²) in [5.41, 5.74) is 4.28. The van der Waals surface area contributed by atoms with E-state index in [1.807, 2.05) is 31.2 Å². The molecule has 7 nitrogen and oxygen atoms in total. The number of nitrogens with zero attached hydrogens (tertiary/aromatic N) is 2. The third kappa shape index (κ3) is 6.55. The largest absolute Gasteiger partial charge is 0.494 e. The fraction of sp³-hybridized carbons (Fsp3) is 0.167. The van der Waals surface area contributed by atoms with Crippen LogP contribution in [0.15, 0.2) is 88.9 Å². The van der Waals surface area contributed by atoms with E-state index in [9.17, 15) is 13.2 Å². The maximum Gasteiger partial charge on any atom is 0.264 e. The van der Waals surface area contributed by atoms with Crippen LogP contribution < -0.4 is 14.5 Å². The summed E-state index contributed by atoms with van der Waals surface area (Å²) in [6.45, 7) is 3.69. The first-order chi connectivity index (χ1) is 15.8. The van der Waals surface area contributed by atoms with Crippen LogP contribution in [0.5, 0.6) is 5.75 Å². The molecule has 172 valence electrons. The molecule has 0 heterocycles. The van der Waals surface area contributed by atoms with Crippen molar-refractivity contribution < 1.29 is 17.9 Å². The molecule has 0 saturated carbocycles. The lowest BCUT2D eigenvalue weighted by molar-refractivity contribution is -0.119. The second kappa shape index (κ2) is 11.3. The number of sulfonamides is 1. The Bertz CT molecular complexity index is 1210. The van der Waals surface area contributed by atoms with E-state index in [-0.39, 0.29) is 4.90 Å². The Balaban J connectivity index is 1.85. The van der Waals surface area contributed by atoms with Crippen molar-refractivity contribution in [2.24, 2.45) is 5.10 Å². The highest BCUT2D eigenvalue weighted by atomic mass is 127. The van der Waals surface area contributed by atoms with E-state index in [1.54, 1.807) is 49.4 Å². The number of hydrazone groups is 1. The molecule has 3 aromatic rings. The van der Waals surface area contributed by atoms with Gasteiger partial charge in [0.05, 0.1) is 22.9 Å². The van der Waals surface area contributed by atoms with Gasteiger partial charge in [0.1, 0.15) is 12.3 Å². The summed E-state index contributed by atoms with van der Waals surface area (Å²) in [5, 5.41) is 4.14. The monoisotopic (exact) mass is 577 g/mol. The molecular formula is C24H24IN3O4S. The van der Waals surface area contributed by atoms with E-state index in [0.717, 1.165) is 13.4 Å². The predicted octanol–water partition coefficient (Wildman–Crippen LogP) is 4.43. The number of ether oxygens (including phenoxy) is 1. The number of amides is 1. The van der Waals surface area contributed by atoms with Gasteiger partial charge >= 0.3 is 0 Å². The van der Waals surface area contributed by atoms with Crippen LogP contribution in [0.4, 0.5) is 5.69 Å². The number of benzene rings is 3. The van der Waals surface area contributed by atoms with Crippen LogP contribution in [0.25, 0.3) is 0 Å². The molecule has 33 heavy (non-hydrogen) atoms. The number of hydrogen-bond donors (Lipinski definition) is 1. The van der Waals surface area contributed by atoms with Gasteiger partial charge in [0.15, 0.2) is 0 Å². The van der Waals surface area contributed by atoms with Crippen molar-refractivity contribution in [1.82, 2.24) is 5.43 Å². The topological polar surface area (TPSA) is 88.1 Å². The van der Waals surface area contributed by atoms with Gasteiger partial charge in [-0.05, 0) is 90.5 Å². The van der Waals surface area contributed by atoms with Gasteiger partial charge in [0, 0.05) is 3.57 Å². The van der Waals surface area contributed by atoms with E-state index in [1.165, 1.54) is 12.1 Å². The number of nitrogens with one attached hydrogen (secondary N) is 1. The van der Waals surface area contributed by atoms with Gasteiger partial charge in [0.2, 0.25) is 0 Å². The van der Waals surface area contributed by atoms with Crippen molar-refractivity contribution in [3.05, 3.63) is 88.0 Å². The van der Waals surface area contributed by atoms with Gasteiger partial charge in [-0.15, -0.1) is 0 Å². The molecule has 1 N–H and O–H groups in total. The first kappa shape index (κ1) is 24.7. The van der Waals surface area contributed by atoms with Crippen LogP contribution in [0.3, 0.4) is 0 Å². The zero-order valence-electron chi connectivity index (χ0n) is 18.2. The van der Waals surface area contributed by atoms with Crippen molar-refractivity contribution in [1.29, 1.82) is 0 Å². The Hall–Kier alpha value is -2.92. The first-order valence-electron chi connectivity index (χ1n) is 10.2. The van der Waals surface area contributed by atoms with Gasteiger partial charge in [0.25, 0.3) is 15.9 Å². The number of halogens is 1. The third-order valence-corrected chi connectivity index (χ3v) is 7.17. The summed E-state index contributed by atoms with van der Waals surface area (Å²) in [7, 11) is -3.99. The lowest BCUT2D eigenvalue weighted by Gasteiger charge is -2.24. The van der Waals surface area contributed by atoms with E-state index in [4.69, 9.17) is 4.74 Å². The Labute approximate surface area is 207 Å². The van der Waals surface area contributed by atoms with Crippen LogP contribution in [0, 0.1) is 3.57 Å². The van der Waals surface area contributed by atoms with E-state index in [0.29, 0.717) is 23.8 Å². The smallest absolute Gasteiger partial charge is 0.264 e. The van der Waals surface area contributed by atoms with Crippen molar-refractivity contribution in [2.45, 2.75) is 18.7 Å². The Morgan fingerprint density at radius 1 is 1.00 bits per heavy atom.